The van der Waals surface area contributed by atoms with Gasteiger partial charge in [0.1, 0.15) is 18.1 Å². The summed E-state index contributed by atoms with van der Waals surface area (Å²) in [5.41, 5.74) is 4.46. The van der Waals surface area contributed by atoms with Crippen molar-refractivity contribution >= 4 is 20.7 Å². The predicted molar refractivity (Wildman–Crippen MR) is 135 cm³/mol. The number of sulfone groups is 1. The Morgan fingerprint density at radius 1 is 1.00 bits per heavy atom. The van der Waals surface area contributed by atoms with Crippen LogP contribution in [0.25, 0.3) is 10.9 Å². The summed E-state index contributed by atoms with van der Waals surface area (Å²) in [5.74, 6) is 1.09. The molecular formula is C28H28N2O4S. The number of aromatic nitrogens is 1. The van der Waals surface area contributed by atoms with Gasteiger partial charge < -0.3 is 19.4 Å². The maximum absolute atomic E-state index is 13.8. The van der Waals surface area contributed by atoms with E-state index >= 15 is 0 Å². The van der Waals surface area contributed by atoms with E-state index < -0.39 is 9.84 Å². The molecule has 6 rings (SSSR count). The van der Waals surface area contributed by atoms with Gasteiger partial charge in [0.25, 0.3) is 0 Å². The van der Waals surface area contributed by atoms with Gasteiger partial charge in [-0.15, -0.1) is 0 Å². The highest BCUT2D eigenvalue weighted by Gasteiger charge is 2.37. The standard InChI is InChI=1S/C28H28N2O4S/c1-30-25-13-19-11-12-24(29-19)27(25)23-15-22(16-26(33-2)28(23)30)35(31,32)21-10-6-9-20(14-21)34-17-18-7-4-3-5-8-18/h3-10,14-16,19,24,29H,11-13,17H2,1-2H3. The number of benzene rings is 3. The lowest BCUT2D eigenvalue weighted by Crippen LogP contribution is -2.32. The van der Waals surface area contributed by atoms with Crippen molar-refractivity contribution < 1.29 is 17.9 Å². The van der Waals surface area contributed by atoms with Crippen LogP contribution >= 0.6 is 0 Å². The summed E-state index contributed by atoms with van der Waals surface area (Å²) < 4.78 is 41.3. The lowest BCUT2D eigenvalue weighted by atomic mass is 9.99. The van der Waals surface area contributed by atoms with Gasteiger partial charge in [-0.2, -0.15) is 0 Å². The van der Waals surface area contributed by atoms with Crippen molar-refractivity contribution in [3.63, 3.8) is 0 Å². The van der Waals surface area contributed by atoms with Crippen molar-refractivity contribution in [2.24, 2.45) is 7.05 Å². The summed E-state index contributed by atoms with van der Waals surface area (Å²) in [7, 11) is -0.141. The molecule has 4 aromatic rings. The fourth-order valence-electron chi connectivity index (χ4n) is 5.60. The summed E-state index contributed by atoms with van der Waals surface area (Å²) in [6.45, 7) is 0.371. The van der Waals surface area contributed by atoms with Gasteiger partial charge in [0, 0.05) is 42.7 Å². The van der Waals surface area contributed by atoms with Gasteiger partial charge in [0.15, 0.2) is 0 Å². The van der Waals surface area contributed by atoms with Crippen LogP contribution < -0.4 is 14.8 Å². The van der Waals surface area contributed by atoms with Crippen LogP contribution in [0.4, 0.5) is 0 Å². The highest BCUT2D eigenvalue weighted by Crippen LogP contribution is 2.45. The molecule has 1 N–H and O–H groups in total. The van der Waals surface area contributed by atoms with E-state index in [4.69, 9.17) is 9.47 Å². The monoisotopic (exact) mass is 488 g/mol. The quantitative estimate of drug-likeness (QED) is 0.416. The van der Waals surface area contributed by atoms with Gasteiger partial charge in [0.05, 0.1) is 22.4 Å². The molecule has 0 spiro atoms. The van der Waals surface area contributed by atoms with Crippen LogP contribution in [-0.2, 0) is 29.9 Å². The number of aryl methyl sites for hydroxylation is 1. The van der Waals surface area contributed by atoms with Crippen LogP contribution in [0.3, 0.4) is 0 Å². The van der Waals surface area contributed by atoms with Gasteiger partial charge >= 0.3 is 0 Å². The molecule has 0 aliphatic carbocycles. The molecule has 2 aliphatic heterocycles. The van der Waals surface area contributed by atoms with Crippen molar-refractivity contribution in [1.82, 2.24) is 9.88 Å². The number of ether oxygens (including phenoxy) is 2. The number of fused-ring (bicyclic) bond motifs is 6. The van der Waals surface area contributed by atoms with Crippen LogP contribution in [0.5, 0.6) is 11.5 Å². The molecule has 0 amide bonds. The average Bonchev–Trinajstić information content (AvgIpc) is 3.40. The topological polar surface area (TPSA) is 69.6 Å². The second-order valence-corrected chi connectivity index (χ2v) is 11.3. The Morgan fingerprint density at radius 3 is 2.63 bits per heavy atom. The van der Waals surface area contributed by atoms with Crippen molar-refractivity contribution in [3.8, 4) is 11.5 Å². The third-order valence-electron chi connectivity index (χ3n) is 7.31. The summed E-state index contributed by atoms with van der Waals surface area (Å²) in [6, 6.07) is 20.7. The van der Waals surface area contributed by atoms with Crippen LogP contribution in [-0.4, -0.2) is 26.1 Å². The second kappa shape index (κ2) is 8.43. The molecule has 6 nitrogen and oxygen atoms in total. The number of nitrogens with one attached hydrogen (secondary N) is 1. The summed E-state index contributed by atoms with van der Waals surface area (Å²) >= 11 is 0. The maximum atomic E-state index is 13.8. The first-order chi connectivity index (χ1) is 17.0. The van der Waals surface area contributed by atoms with E-state index in [-0.39, 0.29) is 15.8 Å². The molecule has 0 radical (unpaired) electrons. The van der Waals surface area contributed by atoms with Crippen molar-refractivity contribution in [1.29, 1.82) is 0 Å². The fraction of sp³-hybridized carbons (Fsp3) is 0.286. The molecule has 1 aromatic heterocycles. The second-order valence-electron chi connectivity index (χ2n) is 9.39. The molecule has 2 bridgehead atoms. The van der Waals surface area contributed by atoms with E-state index in [1.54, 1.807) is 37.4 Å². The van der Waals surface area contributed by atoms with Crippen molar-refractivity contribution in [2.75, 3.05) is 7.11 Å². The molecule has 180 valence electrons. The summed E-state index contributed by atoms with van der Waals surface area (Å²) in [4.78, 5) is 0.434. The predicted octanol–water partition coefficient (Wildman–Crippen LogP) is 4.95. The van der Waals surface area contributed by atoms with E-state index in [1.807, 2.05) is 36.4 Å². The Hall–Kier alpha value is -3.29. The van der Waals surface area contributed by atoms with Gasteiger partial charge in [-0.05, 0) is 48.2 Å². The SMILES string of the molecule is COc1cc(S(=O)(=O)c2cccc(OCc3ccccc3)c2)cc2c3c(n(C)c12)CC1CCC3N1. The number of hydrogen-bond acceptors (Lipinski definition) is 5. The summed E-state index contributed by atoms with van der Waals surface area (Å²) in [6.07, 6.45) is 3.16. The number of rotatable bonds is 6. The van der Waals surface area contributed by atoms with Crippen LogP contribution in [0.1, 0.15) is 35.7 Å². The Bertz CT molecular complexity index is 1530. The normalized spacial score (nSPS) is 19.0. The highest BCUT2D eigenvalue weighted by atomic mass is 32.2. The lowest BCUT2D eigenvalue weighted by molar-refractivity contribution is 0.305. The zero-order valence-corrected chi connectivity index (χ0v) is 20.6. The van der Waals surface area contributed by atoms with E-state index in [2.05, 4.69) is 16.9 Å². The Kier molecular flexibility index (Phi) is 5.34. The van der Waals surface area contributed by atoms with E-state index in [0.717, 1.165) is 35.7 Å². The Labute approximate surface area is 205 Å². The maximum Gasteiger partial charge on any atom is 0.206 e. The third-order valence-corrected chi connectivity index (χ3v) is 9.04. The smallest absolute Gasteiger partial charge is 0.206 e. The molecule has 0 saturated carbocycles. The van der Waals surface area contributed by atoms with Gasteiger partial charge in [0.2, 0.25) is 9.84 Å². The van der Waals surface area contributed by atoms with Gasteiger partial charge in [-0.1, -0.05) is 36.4 Å². The molecule has 2 unspecified atom stereocenters. The number of nitrogens with zero attached hydrogens (tertiary/aromatic N) is 1. The number of hydrogen-bond donors (Lipinski definition) is 1. The largest absolute Gasteiger partial charge is 0.495 e. The lowest BCUT2D eigenvalue weighted by Gasteiger charge is -2.23. The molecular weight excluding hydrogens is 460 g/mol. The molecule has 1 saturated heterocycles. The summed E-state index contributed by atoms with van der Waals surface area (Å²) in [5, 5.41) is 4.65. The molecule has 7 heteroatoms. The van der Waals surface area contributed by atoms with Crippen LogP contribution in [0.15, 0.2) is 76.5 Å². The minimum Gasteiger partial charge on any atom is -0.495 e. The van der Waals surface area contributed by atoms with E-state index in [9.17, 15) is 8.42 Å². The third kappa shape index (κ3) is 3.70. The minimum absolute atomic E-state index is 0.202. The zero-order valence-electron chi connectivity index (χ0n) is 19.8. The molecule has 3 aromatic carbocycles. The van der Waals surface area contributed by atoms with Crippen molar-refractivity contribution in [2.45, 2.75) is 47.7 Å². The van der Waals surface area contributed by atoms with Crippen molar-refractivity contribution in [3.05, 3.63) is 83.6 Å². The van der Waals surface area contributed by atoms with E-state index in [0.29, 0.717) is 24.1 Å². The first kappa shape index (κ1) is 22.2. The first-order valence-corrected chi connectivity index (χ1v) is 13.4. The molecule has 35 heavy (non-hydrogen) atoms. The molecule has 3 heterocycles. The van der Waals surface area contributed by atoms with Crippen LogP contribution in [0, 0.1) is 0 Å². The molecule has 2 atom stereocenters. The molecule has 1 fully saturated rings. The Balaban J connectivity index is 1.41. The number of methoxy groups -OCH3 is 1. The van der Waals surface area contributed by atoms with Gasteiger partial charge in [-0.3, -0.25) is 0 Å². The minimum atomic E-state index is -3.79. The fourth-order valence-corrected chi connectivity index (χ4v) is 6.94. The van der Waals surface area contributed by atoms with Gasteiger partial charge in [-0.25, -0.2) is 8.42 Å². The highest BCUT2D eigenvalue weighted by molar-refractivity contribution is 7.91. The zero-order chi connectivity index (χ0) is 24.2. The van der Waals surface area contributed by atoms with E-state index in [1.165, 1.54) is 11.3 Å². The first-order valence-electron chi connectivity index (χ1n) is 11.9. The Morgan fingerprint density at radius 2 is 1.83 bits per heavy atom. The average molecular weight is 489 g/mol. The van der Waals surface area contributed by atoms with Crippen LogP contribution in [0.2, 0.25) is 0 Å². The molecule has 2 aliphatic rings.